The van der Waals surface area contributed by atoms with Crippen molar-refractivity contribution in [1.82, 2.24) is 14.5 Å². The quantitative estimate of drug-likeness (QED) is 0.775. The molecule has 130 valence electrons. The normalized spacial score (nSPS) is 16.7. The molecule has 1 saturated heterocycles. The third-order valence-corrected chi connectivity index (χ3v) is 7.14. The highest BCUT2D eigenvalue weighted by atomic mass is 32.2. The van der Waals surface area contributed by atoms with Gasteiger partial charge in [-0.3, -0.25) is 4.79 Å². The van der Waals surface area contributed by atoms with E-state index < -0.39 is 10.0 Å². The molecule has 2 rings (SSSR count). The second-order valence-electron chi connectivity index (χ2n) is 5.77. The number of carbonyl (C=O) groups is 1. The minimum Gasteiger partial charge on any atom is -0.340 e. The van der Waals surface area contributed by atoms with Crippen molar-refractivity contribution < 1.29 is 13.2 Å². The Kier molecular flexibility index (Phi) is 6.19. The van der Waals surface area contributed by atoms with E-state index in [1.54, 1.807) is 11.0 Å². The maximum atomic E-state index is 12.7. The van der Waals surface area contributed by atoms with Crippen molar-refractivity contribution in [2.75, 3.05) is 39.8 Å². The first-order chi connectivity index (χ1) is 10.9. The molecule has 0 aromatic carbocycles. The highest BCUT2D eigenvalue weighted by Gasteiger charge is 2.31. The molecule has 0 unspecified atom stereocenters. The van der Waals surface area contributed by atoms with E-state index in [4.69, 9.17) is 0 Å². The fourth-order valence-corrected chi connectivity index (χ4v) is 5.70. The number of nitrogens with zero attached hydrogens (tertiary/aromatic N) is 2. The Morgan fingerprint density at radius 1 is 1.26 bits per heavy atom. The van der Waals surface area contributed by atoms with Crippen LogP contribution in [0, 0.1) is 13.8 Å². The van der Waals surface area contributed by atoms with Crippen LogP contribution in [-0.4, -0.2) is 63.3 Å². The van der Waals surface area contributed by atoms with Gasteiger partial charge < -0.3 is 10.2 Å². The zero-order valence-electron chi connectivity index (χ0n) is 14.0. The zero-order chi connectivity index (χ0) is 17.0. The van der Waals surface area contributed by atoms with E-state index in [0.29, 0.717) is 37.5 Å². The van der Waals surface area contributed by atoms with Gasteiger partial charge in [-0.15, -0.1) is 11.3 Å². The Morgan fingerprint density at radius 3 is 2.43 bits per heavy atom. The first-order valence-electron chi connectivity index (χ1n) is 7.86. The molecule has 0 spiro atoms. The van der Waals surface area contributed by atoms with Gasteiger partial charge in [-0.2, -0.15) is 4.31 Å². The Balaban J connectivity index is 1.96. The summed E-state index contributed by atoms with van der Waals surface area (Å²) >= 11 is 1.50. The number of amides is 1. The van der Waals surface area contributed by atoms with Crippen molar-refractivity contribution in [3.63, 3.8) is 0 Å². The average Bonchev–Trinajstić information content (AvgIpc) is 2.87. The largest absolute Gasteiger partial charge is 0.340 e. The molecular weight excluding hydrogens is 334 g/mol. The standard InChI is InChI=1S/C15H25N3O3S2/c1-12-11-14(13(2)22-12)23(20,21)18-9-7-17(8-10-18)15(19)5-4-6-16-3/h11,16H,4-10H2,1-3H3. The number of carbonyl (C=O) groups excluding carboxylic acids is 1. The maximum absolute atomic E-state index is 12.7. The summed E-state index contributed by atoms with van der Waals surface area (Å²) in [5, 5.41) is 3.02. The lowest BCUT2D eigenvalue weighted by atomic mass is 10.2. The van der Waals surface area contributed by atoms with Crippen LogP contribution < -0.4 is 5.32 Å². The molecule has 0 atom stereocenters. The van der Waals surface area contributed by atoms with Crippen LogP contribution in [0.25, 0.3) is 0 Å². The van der Waals surface area contributed by atoms with E-state index >= 15 is 0 Å². The third kappa shape index (κ3) is 4.32. The molecule has 0 radical (unpaired) electrons. The highest BCUT2D eigenvalue weighted by molar-refractivity contribution is 7.89. The Labute approximate surface area is 142 Å². The molecule has 1 aliphatic rings. The van der Waals surface area contributed by atoms with Gasteiger partial charge in [-0.25, -0.2) is 8.42 Å². The van der Waals surface area contributed by atoms with E-state index in [-0.39, 0.29) is 5.91 Å². The predicted octanol–water partition coefficient (Wildman–Crippen LogP) is 1.20. The smallest absolute Gasteiger partial charge is 0.244 e. The molecule has 2 heterocycles. The van der Waals surface area contributed by atoms with E-state index in [2.05, 4.69) is 5.32 Å². The highest BCUT2D eigenvalue weighted by Crippen LogP contribution is 2.28. The van der Waals surface area contributed by atoms with Gasteiger partial charge in [0, 0.05) is 42.4 Å². The van der Waals surface area contributed by atoms with Gasteiger partial charge in [0.05, 0.1) is 4.90 Å². The van der Waals surface area contributed by atoms with E-state index in [9.17, 15) is 13.2 Å². The molecule has 6 nitrogen and oxygen atoms in total. The van der Waals surface area contributed by atoms with E-state index in [1.807, 2.05) is 20.9 Å². The lowest BCUT2D eigenvalue weighted by Crippen LogP contribution is -2.50. The lowest BCUT2D eigenvalue weighted by Gasteiger charge is -2.34. The van der Waals surface area contributed by atoms with Crippen molar-refractivity contribution in [1.29, 1.82) is 0 Å². The summed E-state index contributed by atoms with van der Waals surface area (Å²) in [5.74, 6) is 0.111. The summed E-state index contributed by atoms with van der Waals surface area (Å²) in [7, 11) is -1.58. The van der Waals surface area contributed by atoms with Crippen molar-refractivity contribution in [3.8, 4) is 0 Å². The molecule has 8 heteroatoms. The molecule has 1 fully saturated rings. The Hall–Kier alpha value is -0.960. The Bertz CT molecular complexity index is 647. The molecule has 1 aromatic heterocycles. The van der Waals surface area contributed by atoms with Crippen LogP contribution in [0.4, 0.5) is 0 Å². The molecule has 23 heavy (non-hydrogen) atoms. The van der Waals surface area contributed by atoms with Gasteiger partial charge in [0.15, 0.2) is 0 Å². The van der Waals surface area contributed by atoms with Crippen molar-refractivity contribution in [2.24, 2.45) is 0 Å². The third-order valence-electron chi connectivity index (χ3n) is 4.02. The van der Waals surface area contributed by atoms with Crippen LogP contribution in [0.5, 0.6) is 0 Å². The van der Waals surface area contributed by atoms with Gasteiger partial charge >= 0.3 is 0 Å². The van der Waals surface area contributed by atoms with Gasteiger partial charge in [0.2, 0.25) is 15.9 Å². The number of nitrogens with one attached hydrogen (secondary N) is 1. The van der Waals surface area contributed by atoms with Crippen LogP contribution in [0.15, 0.2) is 11.0 Å². The fraction of sp³-hybridized carbons (Fsp3) is 0.667. The molecule has 0 aliphatic carbocycles. The van der Waals surface area contributed by atoms with Gasteiger partial charge in [-0.05, 0) is 39.9 Å². The molecule has 1 aromatic rings. The van der Waals surface area contributed by atoms with Crippen LogP contribution in [0.1, 0.15) is 22.6 Å². The summed E-state index contributed by atoms with van der Waals surface area (Å²) < 4.78 is 27.0. The topological polar surface area (TPSA) is 69.7 Å². The molecular formula is C15H25N3O3S2. The van der Waals surface area contributed by atoms with Crippen molar-refractivity contribution in [2.45, 2.75) is 31.6 Å². The minimum atomic E-state index is -3.45. The molecule has 1 N–H and O–H groups in total. The number of thiophene rings is 1. The van der Waals surface area contributed by atoms with Gasteiger partial charge in [-0.1, -0.05) is 0 Å². The maximum Gasteiger partial charge on any atom is 0.244 e. The molecule has 1 amide bonds. The number of hydrogen-bond acceptors (Lipinski definition) is 5. The first kappa shape index (κ1) is 18.4. The number of hydrogen-bond donors (Lipinski definition) is 1. The summed E-state index contributed by atoms with van der Waals surface area (Å²) in [6, 6.07) is 1.74. The van der Waals surface area contributed by atoms with E-state index in [1.165, 1.54) is 15.6 Å². The number of rotatable bonds is 6. The van der Waals surface area contributed by atoms with E-state index in [0.717, 1.165) is 22.7 Å². The fourth-order valence-electron chi connectivity index (χ4n) is 2.76. The second kappa shape index (κ2) is 7.74. The minimum absolute atomic E-state index is 0.111. The molecule has 0 saturated carbocycles. The number of aryl methyl sites for hydroxylation is 2. The second-order valence-corrected chi connectivity index (χ2v) is 9.14. The Morgan fingerprint density at radius 2 is 1.91 bits per heavy atom. The summed E-state index contributed by atoms with van der Waals surface area (Å²) in [4.78, 5) is 16.1. The zero-order valence-corrected chi connectivity index (χ0v) is 15.6. The van der Waals surface area contributed by atoms with Gasteiger partial charge in [0.1, 0.15) is 0 Å². The number of piperazine rings is 1. The predicted molar refractivity (Wildman–Crippen MR) is 92.3 cm³/mol. The van der Waals surface area contributed by atoms with Crippen molar-refractivity contribution in [3.05, 3.63) is 15.8 Å². The summed E-state index contributed by atoms with van der Waals surface area (Å²) in [5.41, 5.74) is 0. The number of sulfonamides is 1. The summed E-state index contributed by atoms with van der Waals surface area (Å²) in [6.45, 7) is 6.25. The molecule has 0 bridgehead atoms. The van der Waals surface area contributed by atoms with Gasteiger partial charge in [0.25, 0.3) is 0 Å². The van der Waals surface area contributed by atoms with Crippen LogP contribution >= 0.6 is 11.3 Å². The SMILES string of the molecule is CNCCCC(=O)N1CCN(S(=O)(=O)c2cc(C)sc2C)CC1. The van der Waals surface area contributed by atoms with Crippen LogP contribution in [0.2, 0.25) is 0 Å². The first-order valence-corrected chi connectivity index (χ1v) is 10.1. The lowest BCUT2D eigenvalue weighted by molar-refractivity contribution is -0.132. The summed E-state index contributed by atoms with van der Waals surface area (Å²) in [6.07, 6.45) is 1.32. The monoisotopic (exact) mass is 359 g/mol. The molecule has 1 aliphatic heterocycles. The van der Waals surface area contributed by atoms with Crippen molar-refractivity contribution >= 4 is 27.3 Å². The average molecular weight is 360 g/mol. The van der Waals surface area contributed by atoms with Crippen LogP contribution in [0.3, 0.4) is 0 Å². The van der Waals surface area contributed by atoms with Crippen LogP contribution in [-0.2, 0) is 14.8 Å².